The second-order valence-electron chi connectivity index (χ2n) is 9.09. The minimum absolute atomic E-state index is 0.165. The third kappa shape index (κ3) is 3.47. The minimum Gasteiger partial charge on any atom is -0.467 e. The number of methoxy groups -OCH3 is 1. The summed E-state index contributed by atoms with van der Waals surface area (Å²) in [6, 6.07) is 4.26. The summed E-state index contributed by atoms with van der Waals surface area (Å²) in [4.78, 5) is 11.7. The summed E-state index contributed by atoms with van der Waals surface area (Å²) in [5.41, 5.74) is 7.65. The fourth-order valence-electron chi connectivity index (χ4n) is 4.15. The summed E-state index contributed by atoms with van der Waals surface area (Å²) in [6.07, 6.45) is 8.03. The second kappa shape index (κ2) is 6.70. The average Bonchev–Trinajstić information content (AvgIpc) is 2.64. The van der Waals surface area contributed by atoms with Gasteiger partial charge in [-0.3, -0.25) is 0 Å². The highest BCUT2D eigenvalue weighted by atomic mass is 16.5. The molecule has 0 saturated carbocycles. The van der Waals surface area contributed by atoms with E-state index in [1.807, 2.05) is 18.4 Å². The van der Waals surface area contributed by atoms with Crippen LogP contribution in [0.3, 0.4) is 0 Å². The Morgan fingerprint density at radius 2 is 1.74 bits per heavy atom. The van der Waals surface area contributed by atoms with E-state index in [1.54, 1.807) is 0 Å². The summed E-state index contributed by atoms with van der Waals surface area (Å²) in [7, 11) is 1.40. The molecule has 1 aliphatic carbocycles. The van der Waals surface area contributed by atoms with Crippen LogP contribution in [0.15, 0.2) is 42.6 Å². The third-order valence-corrected chi connectivity index (χ3v) is 6.21. The first-order chi connectivity index (χ1) is 12.6. The zero-order valence-corrected chi connectivity index (χ0v) is 17.4. The van der Waals surface area contributed by atoms with Gasteiger partial charge in [0.2, 0.25) is 0 Å². The lowest BCUT2D eigenvalue weighted by Crippen LogP contribution is -2.34. The Kier molecular flexibility index (Phi) is 4.83. The lowest BCUT2D eigenvalue weighted by molar-refractivity contribution is -0.141. The number of allylic oxidation sites excluding steroid dienone is 3. The average molecular weight is 366 g/mol. The number of dihydropyridines is 1. The van der Waals surface area contributed by atoms with Crippen LogP contribution in [0, 0.1) is 6.92 Å². The monoisotopic (exact) mass is 365 g/mol. The Hall–Kier alpha value is -2.29. The molecule has 1 N–H and O–H groups in total. The van der Waals surface area contributed by atoms with Crippen LogP contribution in [-0.2, 0) is 20.4 Å². The van der Waals surface area contributed by atoms with Crippen LogP contribution in [0.1, 0.15) is 62.8 Å². The van der Waals surface area contributed by atoms with Crippen LogP contribution in [0.4, 0.5) is 0 Å². The third-order valence-electron chi connectivity index (χ3n) is 6.21. The normalized spacial score (nSPS) is 22.3. The zero-order valence-electron chi connectivity index (χ0n) is 17.4. The molecule has 1 aliphatic heterocycles. The van der Waals surface area contributed by atoms with Crippen molar-refractivity contribution in [3.63, 3.8) is 0 Å². The number of benzene rings is 1. The predicted molar refractivity (Wildman–Crippen MR) is 112 cm³/mol. The van der Waals surface area contributed by atoms with Crippen LogP contribution < -0.4 is 5.32 Å². The summed E-state index contributed by atoms with van der Waals surface area (Å²) >= 11 is 0. The Morgan fingerprint density at radius 3 is 2.26 bits per heavy atom. The van der Waals surface area contributed by atoms with Gasteiger partial charge in [-0.05, 0) is 64.0 Å². The van der Waals surface area contributed by atoms with E-state index < -0.39 is 6.04 Å². The Balaban J connectivity index is 1.97. The van der Waals surface area contributed by atoms with Gasteiger partial charge in [-0.25, -0.2) is 4.79 Å². The van der Waals surface area contributed by atoms with Gasteiger partial charge in [0.1, 0.15) is 6.04 Å². The molecule has 1 unspecified atom stereocenters. The first-order valence-electron chi connectivity index (χ1n) is 9.64. The van der Waals surface area contributed by atoms with Crippen molar-refractivity contribution >= 4 is 11.5 Å². The van der Waals surface area contributed by atoms with Crippen LogP contribution in [0.25, 0.3) is 5.57 Å². The first kappa shape index (κ1) is 19.5. The van der Waals surface area contributed by atoms with E-state index in [0.717, 1.165) is 11.1 Å². The SMILES string of the molecule is C=C(C1=CNC(C(=O)OC)C=C1)c1cc2c(cc1C)C(C)(C)CCC2(C)C. The maximum Gasteiger partial charge on any atom is 0.332 e. The fourth-order valence-corrected chi connectivity index (χ4v) is 4.15. The Bertz CT molecular complexity index is 855. The molecule has 3 rings (SSSR count). The van der Waals surface area contributed by atoms with E-state index in [2.05, 4.69) is 58.6 Å². The molecular weight excluding hydrogens is 334 g/mol. The molecule has 0 amide bonds. The van der Waals surface area contributed by atoms with Crippen molar-refractivity contribution in [1.82, 2.24) is 5.32 Å². The number of nitrogens with one attached hydrogen (secondary N) is 1. The topological polar surface area (TPSA) is 38.3 Å². The summed E-state index contributed by atoms with van der Waals surface area (Å²) in [5.74, 6) is -0.291. The molecule has 0 radical (unpaired) electrons. The Morgan fingerprint density at radius 1 is 1.15 bits per heavy atom. The largest absolute Gasteiger partial charge is 0.467 e. The van der Waals surface area contributed by atoms with Gasteiger partial charge in [-0.15, -0.1) is 0 Å². The molecular formula is C24H31NO2. The molecule has 3 heteroatoms. The highest BCUT2D eigenvalue weighted by Gasteiger charge is 2.37. The van der Waals surface area contributed by atoms with E-state index in [-0.39, 0.29) is 16.8 Å². The van der Waals surface area contributed by atoms with Crippen molar-refractivity contribution in [3.8, 4) is 0 Å². The van der Waals surface area contributed by atoms with E-state index in [9.17, 15) is 4.79 Å². The lowest BCUT2D eigenvalue weighted by atomic mass is 9.62. The number of fused-ring (bicyclic) bond motifs is 1. The smallest absolute Gasteiger partial charge is 0.332 e. The van der Waals surface area contributed by atoms with Crippen molar-refractivity contribution in [1.29, 1.82) is 0 Å². The molecule has 1 aromatic carbocycles. The number of carbonyl (C=O) groups is 1. The Labute approximate surface area is 163 Å². The van der Waals surface area contributed by atoms with E-state index in [1.165, 1.54) is 42.2 Å². The number of ether oxygens (including phenoxy) is 1. The molecule has 0 bridgehead atoms. The number of esters is 1. The number of carbonyl (C=O) groups excluding carboxylic acids is 1. The predicted octanol–water partition coefficient (Wildman–Crippen LogP) is 4.94. The van der Waals surface area contributed by atoms with Gasteiger partial charge in [0.15, 0.2) is 0 Å². The molecule has 0 spiro atoms. The number of aryl methyl sites for hydroxylation is 1. The fraction of sp³-hybridized carbons (Fsp3) is 0.458. The molecule has 1 aromatic rings. The van der Waals surface area contributed by atoms with Gasteiger partial charge < -0.3 is 10.1 Å². The van der Waals surface area contributed by atoms with Gasteiger partial charge >= 0.3 is 5.97 Å². The van der Waals surface area contributed by atoms with E-state index >= 15 is 0 Å². The highest BCUT2D eigenvalue weighted by molar-refractivity contribution is 5.85. The molecule has 2 aliphatic rings. The zero-order chi connectivity index (χ0) is 20.0. The van der Waals surface area contributed by atoms with Crippen LogP contribution >= 0.6 is 0 Å². The van der Waals surface area contributed by atoms with Gasteiger partial charge in [0, 0.05) is 6.20 Å². The lowest BCUT2D eigenvalue weighted by Gasteiger charge is -2.42. The van der Waals surface area contributed by atoms with Crippen molar-refractivity contribution in [3.05, 3.63) is 64.9 Å². The van der Waals surface area contributed by atoms with Gasteiger partial charge in [-0.2, -0.15) is 0 Å². The van der Waals surface area contributed by atoms with E-state index in [4.69, 9.17) is 4.74 Å². The van der Waals surface area contributed by atoms with Crippen molar-refractivity contribution in [2.45, 2.75) is 64.3 Å². The molecule has 0 saturated heterocycles. The van der Waals surface area contributed by atoms with Crippen molar-refractivity contribution < 1.29 is 9.53 Å². The minimum atomic E-state index is -0.434. The first-order valence-corrected chi connectivity index (χ1v) is 9.64. The summed E-state index contributed by atoms with van der Waals surface area (Å²) < 4.78 is 4.79. The molecule has 0 aromatic heterocycles. The number of hydrogen-bond donors (Lipinski definition) is 1. The molecule has 27 heavy (non-hydrogen) atoms. The quantitative estimate of drug-likeness (QED) is 0.771. The molecule has 3 nitrogen and oxygen atoms in total. The molecule has 1 atom stereocenters. The molecule has 144 valence electrons. The number of rotatable bonds is 3. The number of hydrogen-bond acceptors (Lipinski definition) is 3. The van der Waals surface area contributed by atoms with Crippen LogP contribution in [-0.4, -0.2) is 19.1 Å². The molecule has 1 heterocycles. The maximum atomic E-state index is 11.7. The summed E-state index contributed by atoms with van der Waals surface area (Å²) in [6.45, 7) is 15.9. The van der Waals surface area contributed by atoms with Crippen molar-refractivity contribution in [2.75, 3.05) is 7.11 Å². The second-order valence-corrected chi connectivity index (χ2v) is 9.09. The van der Waals surface area contributed by atoms with Gasteiger partial charge in [-0.1, -0.05) is 58.6 Å². The van der Waals surface area contributed by atoms with Gasteiger partial charge in [0.25, 0.3) is 0 Å². The maximum absolute atomic E-state index is 11.7. The standard InChI is InChI=1S/C24H31NO2/c1-15-12-19-20(24(5,6)11-10-23(19,3)4)13-18(15)16(2)17-8-9-21(25-14-17)22(26)27-7/h8-9,12-14,21,25H,2,10-11H2,1,3-7H3. The van der Waals surface area contributed by atoms with E-state index in [0.29, 0.717) is 0 Å². The van der Waals surface area contributed by atoms with Crippen LogP contribution in [0.2, 0.25) is 0 Å². The van der Waals surface area contributed by atoms with Crippen LogP contribution in [0.5, 0.6) is 0 Å². The van der Waals surface area contributed by atoms with Crippen molar-refractivity contribution in [2.24, 2.45) is 0 Å². The molecule has 0 fully saturated rings. The van der Waals surface area contributed by atoms with Gasteiger partial charge in [0.05, 0.1) is 7.11 Å². The highest BCUT2D eigenvalue weighted by Crippen LogP contribution is 2.47. The summed E-state index contributed by atoms with van der Waals surface area (Å²) in [5, 5.41) is 3.10.